The van der Waals surface area contributed by atoms with E-state index in [1.165, 1.54) is 43.2 Å². The van der Waals surface area contributed by atoms with E-state index in [0.29, 0.717) is 5.91 Å². The van der Waals surface area contributed by atoms with Crippen molar-refractivity contribution < 1.29 is 4.79 Å². The smallest absolute Gasteiger partial charge is 0.228 e. The number of rotatable bonds is 4. The zero-order valence-corrected chi connectivity index (χ0v) is 18.9. The molecule has 1 N–H and O–H groups in total. The van der Waals surface area contributed by atoms with E-state index < -0.39 is 0 Å². The van der Waals surface area contributed by atoms with Crippen LogP contribution in [0.5, 0.6) is 0 Å². The second-order valence-corrected chi connectivity index (χ2v) is 10.7. The number of carbonyl (C=O) groups excluding carboxylic acids is 1. The molecule has 1 amide bonds. The first kappa shape index (κ1) is 21.2. The molecule has 0 aromatic heterocycles. The Balaban J connectivity index is 0.00000205. The fourth-order valence-electron chi connectivity index (χ4n) is 7.72. The van der Waals surface area contributed by atoms with Gasteiger partial charge in [-0.1, -0.05) is 29.8 Å². The topological polar surface area (TPSA) is 32.3 Å². The Labute approximate surface area is 182 Å². The summed E-state index contributed by atoms with van der Waals surface area (Å²) in [6.07, 6.45) is 9.74. The number of amides is 1. The van der Waals surface area contributed by atoms with Gasteiger partial charge in [0.05, 0.1) is 5.41 Å². The predicted octanol–water partition coefficient (Wildman–Crippen LogP) is 4.71. The van der Waals surface area contributed by atoms with Crippen molar-refractivity contribution in [3.05, 3.63) is 35.4 Å². The fraction of sp³-hybridized carbons (Fsp3) is 0.720. The molecule has 29 heavy (non-hydrogen) atoms. The number of nitrogens with zero attached hydrogens (tertiary/aromatic N) is 1. The van der Waals surface area contributed by atoms with Crippen LogP contribution in [0.3, 0.4) is 0 Å². The molecule has 5 aliphatic rings. The quantitative estimate of drug-likeness (QED) is 0.770. The lowest BCUT2D eigenvalue weighted by Gasteiger charge is -2.62. The first-order chi connectivity index (χ1) is 13.5. The minimum Gasteiger partial charge on any atom is -0.342 e. The Hall–Kier alpha value is -1.06. The first-order valence-electron chi connectivity index (χ1n) is 11.5. The van der Waals surface area contributed by atoms with E-state index in [0.717, 1.165) is 56.7 Å². The van der Waals surface area contributed by atoms with Crippen LogP contribution in [0.1, 0.15) is 62.5 Å². The first-order valence-corrected chi connectivity index (χ1v) is 11.5. The van der Waals surface area contributed by atoms with Gasteiger partial charge in [-0.25, -0.2) is 0 Å². The highest BCUT2D eigenvalue weighted by molar-refractivity contribution is 5.85. The summed E-state index contributed by atoms with van der Waals surface area (Å²) in [6.45, 7) is 5.21. The van der Waals surface area contributed by atoms with Gasteiger partial charge >= 0.3 is 0 Å². The molecular weight excluding hydrogens is 380 g/mol. The van der Waals surface area contributed by atoms with Gasteiger partial charge in [-0.3, -0.25) is 4.79 Å². The summed E-state index contributed by atoms with van der Waals surface area (Å²) in [7, 11) is 2.04. The SMILES string of the molecule is CNCC1CCN(C(=O)C23CC4CC(C2)CC(c2ccc(C)cc2)(C4)C3)CC1.Cl. The van der Waals surface area contributed by atoms with E-state index in [-0.39, 0.29) is 23.2 Å². The van der Waals surface area contributed by atoms with Gasteiger partial charge in [0.2, 0.25) is 5.91 Å². The molecule has 1 heterocycles. The van der Waals surface area contributed by atoms with Gasteiger partial charge in [0, 0.05) is 13.1 Å². The summed E-state index contributed by atoms with van der Waals surface area (Å²) >= 11 is 0. The number of benzene rings is 1. The van der Waals surface area contributed by atoms with E-state index >= 15 is 0 Å². The molecule has 0 radical (unpaired) electrons. The van der Waals surface area contributed by atoms with Crippen molar-refractivity contribution in [3.8, 4) is 0 Å². The highest BCUT2D eigenvalue weighted by Gasteiger charge is 2.61. The molecule has 3 nitrogen and oxygen atoms in total. The molecule has 1 saturated heterocycles. The molecule has 4 aliphatic carbocycles. The molecule has 4 heteroatoms. The Morgan fingerprint density at radius 1 is 1.07 bits per heavy atom. The molecule has 2 unspecified atom stereocenters. The van der Waals surface area contributed by atoms with Crippen LogP contribution in [0.2, 0.25) is 0 Å². The molecular formula is C25H37ClN2O. The van der Waals surface area contributed by atoms with E-state index in [1.54, 1.807) is 0 Å². The van der Waals surface area contributed by atoms with Gasteiger partial charge in [0.15, 0.2) is 0 Å². The van der Waals surface area contributed by atoms with E-state index in [1.807, 2.05) is 7.05 Å². The van der Waals surface area contributed by atoms with Crippen LogP contribution >= 0.6 is 12.4 Å². The molecule has 1 aliphatic heterocycles. The molecule has 0 spiro atoms. The normalized spacial score (nSPS) is 36.1. The Kier molecular flexibility index (Phi) is 5.76. The standard InChI is InChI=1S/C25H36N2O.ClH/c1-18-3-5-22(6-4-18)24-12-20-11-21(13-24)15-25(14-20,17-24)23(28)27-9-7-19(8-10-27)16-26-2;/h3-6,19-21,26H,7-17H2,1-2H3;1H. The van der Waals surface area contributed by atoms with Gasteiger partial charge in [0.25, 0.3) is 0 Å². The van der Waals surface area contributed by atoms with Gasteiger partial charge in [-0.15, -0.1) is 12.4 Å². The zero-order valence-electron chi connectivity index (χ0n) is 18.1. The van der Waals surface area contributed by atoms with Crippen molar-refractivity contribution in [1.29, 1.82) is 0 Å². The highest BCUT2D eigenvalue weighted by Crippen LogP contribution is 2.66. The third-order valence-electron chi connectivity index (χ3n) is 8.57. The highest BCUT2D eigenvalue weighted by atomic mass is 35.5. The average molecular weight is 417 g/mol. The lowest BCUT2D eigenvalue weighted by Crippen LogP contribution is -2.60. The van der Waals surface area contributed by atoms with Crippen LogP contribution in [0.25, 0.3) is 0 Å². The maximum absolute atomic E-state index is 13.9. The summed E-state index contributed by atoms with van der Waals surface area (Å²) in [5.74, 6) is 2.77. The van der Waals surface area contributed by atoms with Crippen LogP contribution < -0.4 is 5.32 Å². The summed E-state index contributed by atoms with van der Waals surface area (Å²) in [4.78, 5) is 16.1. The van der Waals surface area contributed by atoms with Crippen LogP contribution in [0.4, 0.5) is 0 Å². The van der Waals surface area contributed by atoms with Gasteiger partial charge < -0.3 is 10.2 Å². The second-order valence-electron chi connectivity index (χ2n) is 10.7. The number of likely N-dealkylation sites (tertiary alicyclic amines) is 1. The molecule has 160 valence electrons. The number of hydrogen-bond donors (Lipinski definition) is 1. The van der Waals surface area contributed by atoms with Gasteiger partial charge in [0.1, 0.15) is 0 Å². The third-order valence-corrected chi connectivity index (χ3v) is 8.57. The maximum Gasteiger partial charge on any atom is 0.228 e. The van der Waals surface area contributed by atoms with E-state index in [2.05, 4.69) is 41.4 Å². The molecule has 6 rings (SSSR count). The number of halogens is 1. The number of nitrogens with one attached hydrogen (secondary N) is 1. The molecule has 2 atom stereocenters. The van der Waals surface area contributed by atoms with Crippen LogP contribution in [-0.2, 0) is 10.2 Å². The van der Waals surface area contributed by atoms with Crippen molar-refractivity contribution in [2.24, 2.45) is 23.2 Å². The Bertz CT molecular complexity index is 724. The number of piperidine rings is 1. The minimum absolute atomic E-state index is 0. The van der Waals surface area contributed by atoms with Crippen LogP contribution in [-0.4, -0.2) is 37.5 Å². The van der Waals surface area contributed by atoms with Gasteiger partial charge in [-0.2, -0.15) is 0 Å². The monoisotopic (exact) mass is 416 g/mol. The number of carbonyl (C=O) groups is 1. The number of hydrogen-bond acceptors (Lipinski definition) is 2. The average Bonchev–Trinajstić information content (AvgIpc) is 2.68. The second kappa shape index (κ2) is 7.89. The van der Waals surface area contributed by atoms with Crippen molar-refractivity contribution in [2.45, 2.75) is 63.7 Å². The molecule has 1 aromatic carbocycles. The van der Waals surface area contributed by atoms with Crippen molar-refractivity contribution >= 4 is 18.3 Å². The fourth-order valence-corrected chi connectivity index (χ4v) is 7.72. The minimum atomic E-state index is -0.0647. The summed E-state index contributed by atoms with van der Waals surface area (Å²) in [6, 6.07) is 9.28. The molecule has 4 bridgehead atoms. The summed E-state index contributed by atoms with van der Waals surface area (Å²) in [5.41, 5.74) is 3.05. The lowest BCUT2D eigenvalue weighted by atomic mass is 9.42. The number of aryl methyl sites for hydroxylation is 1. The maximum atomic E-state index is 13.9. The van der Waals surface area contributed by atoms with Crippen molar-refractivity contribution in [2.75, 3.05) is 26.7 Å². The van der Waals surface area contributed by atoms with E-state index in [4.69, 9.17) is 0 Å². The third kappa shape index (κ3) is 3.63. The van der Waals surface area contributed by atoms with Crippen molar-refractivity contribution in [3.63, 3.8) is 0 Å². The van der Waals surface area contributed by atoms with Crippen LogP contribution in [0, 0.1) is 30.1 Å². The largest absolute Gasteiger partial charge is 0.342 e. The molecule has 1 aromatic rings. The Morgan fingerprint density at radius 2 is 1.69 bits per heavy atom. The predicted molar refractivity (Wildman–Crippen MR) is 120 cm³/mol. The lowest BCUT2D eigenvalue weighted by molar-refractivity contribution is -0.161. The molecule has 4 saturated carbocycles. The summed E-state index contributed by atoms with van der Waals surface area (Å²) in [5, 5.41) is 3.31. The van der Waals surface area contributed by atoms with Crippen LogP contribution in [0.15, 0.2) is 24.3 Å². The molecule has 5 fully saturated rings. The summed E-state index contributed by atoms with van der Waals surface area (Å²) < 4.78 is 0. The van der Waals surface area contributed by atoms with Crippen molar-refractivity contribution in [1.82, 2.24) is 10.2 Å². The van der Waals surface area contributed by atoms with E-state index in [9.17, 15) is 4.79 Å². The van der Waals surface area contributed by atoms with Gasteiger partial charge in [-0.05, 0) is 101 Å². The zero-order chi connectivity index (χ0) is 19.4. The Morgan fingerprint density at radius 3 is 2.28 bits per heavy atom.